The largest absolute Gasteiger partial charge is 0.393 e. The van der Waals surface area contributed by atoms with Crippen molar-refractivity contribution in [2.75, 3.05) is 5.73 Å². The first-order valence-electron chi connectivity index (χ1n) is 6.36. The highest BCUT2D eigenvalue weighted by Gasteiger charge is 2.27. The minimum atomic E-state index is -3.76. The summed E-state index contributed by atoms with van der Waals surface area (Å²) in [5.41, 5.74) is 5.00. The topological polar surface area (TPSA) is 115 Å². The predicted octanol–water partition coefficient (Wildman–Crippen LogP) is 1.64. The van der Waals surface area contributed by atoms with Gasteiger partial charge in [-0.1, -0.05) is 12.8 Å². The van der Waals surface area contributed by atoms with Gasteiger partial charge in [-0.2, -0.15) is 0 Å². The van der Waals surface area contributed by atoms with Crippen LogP contribution in [0.1, 0.15) is 26.2 Å². The van der Waals surface area contributed by atoms with Crippen LogP contribution >= 0.6 is 0 Å². The molecule has 1 aromatic carbocycles. The molecule has 1 fully saturated rings. The van der Waals surface area contributed by atoms with Crippen molar-refractivity contribution in [2.24, 2.45) is 5.92 Å². The van der Waals surface area contributed by atoms with E-state index in [-0.39, 0.29) is 16.6 Å². The molecule has 7 nitrogen and oxygen atoms in total. The molecular formula is C12H17N3O4S. The summed E-state index contributed by atoms with van der Waals surface area (Å²) in [5.74, 6) is 0.591. The maximum Gasteiger partial charge on any atom is 0.293 e. The summed E-state index contributed by atoms with van der Waals surface area (Å²) in [6.45, 7) is 1.79. The van der Waals surface area contributed by atoms with Crippen molar-refractivity contribution in [1.82, 2.24) is 4.72 Å². The van der Waals surface area contributed by atoms with Crippen LogP contribution in [0.25, 0.3) is 0 Å². The summed E-state index contributed by atoms with van der Waals surface area (Å²) in [6, 6.07) is 3.30. The summed E-state index contributed by atoms with van der Waals surface area (Å²) in [4.78, 5) is 9.96. The number of hydrogen-bond donors (Lipinski definition) is 2. The van der Waals surface area contributed by atoms with Crippen LogP contribution in [0.4, 0.5) is 11.4 Å². The Morgan fingerprint density at radius 3 is 2.70 bits per heavy atom. The third-order valence-electron chi connectivity index (χ3n) is 3.25. The second kappa shape index (κ2) is 5.37. The molecule has 0 saturated heterocycles. The Kier molecular flexibility index (Phi) is 3.96. The molecule has 0 spiro atoms. The molecule has 1 aliphatic carbocycles. The highest BCUT2D eigenvalue weighted by molar-refractivity contribution is 7.89. The van der Waals surface area contributed by atoms with Crippen LogP contribution in [0.15, 0.2) is 23.1 Å². The van der Waals surface area contributed by atoms with Crippen molar-refractivity contribution < 1.29 is 13.3 Å². The van der Waals surface area contributed by atoms with Crippen molar-refractivity contribution in [3.63, 3.8) is 0 Å². The average molecular weight is 299 g/mol. The lowest BCUT2D eigenvalue weighted by Gasteiger charge is -2.13. The second-order valence-corrected chi connectivity index (χ2v) is 6.89. The van der Waals surface area contributed by atoms with Crippen molar-refractivity contribution in [2.45, 2.75) is 37.1 Å². The van der Waals surface area contributed by atoms with E-state index in [1.807, 2.05) is 0 Å². The van der Waals surface area contributed by atoms with E-state index in [0.29, 0.717) is 5.92 Å². The van der Waals surface area contributed by atoms with Crippen molar-refractivity contribution in [1.29, 1.82) is 0 Å². The minimum absolute atomic E-state index is 0.0556. The van der Waals surface area contributed by atoms with Crippen LogP contribution in [-0.4, -0.2) is 19.4 Å². The van der Waals surface area contributed by atoms with Gasteiger partial charge < -0.3 is 5.73 Å². The van der Waals surface area contributed by atoms with E-state index < -0.39 is 20.6 Å². The zero-order valence-corrected chi connectivity index (χ0v) is 11.9. The standard InChI is InChI=1S/C12H17N3O4S/c1-8(6-9-2-3-9)14-20(18,19)10-4-5-11(13)12(7-10)15(16)17/h4-5,7-9,14H,2-3,6,13H2,1H3. The Morgan fingerprint density at radius 2 is 2.15 bits per heavy atom. The molecule has 3 N–H and O–H groups in total. The first-order chi connectivity index (χ1) is 9.29. The Bertz CT molecular complexity index is 626. The molecule has 1 saturated carbocycles. The van der Waals surface area contributed by atoms with Crippen LogP contribution in [0.5, 0.6) is 0 Å². The van der Waals surface area contributed by atoms with Gasteiger partial charge in [0, 0.05) is 12.1 Å². The van der Waals surface area contributed by atoms with Crippen molar-refractivity contribution in [3.8, 4) is 0 Å². The first-order valence-corrected chi connectivity index (χ1v) is 7.84. The molecule has 1 aromatic rings. The number of rotatable bonds is 6. The normalized spacial score (nSPS) is 16.9. The SMILES string of the molecule is CC(CC1CC1)NS(=O)(=O)c1ccc(N)c([N+](=O)[O-])c1. The molecule has 110 valence electrons. The van der Waals surface area contributed by atoms with E-state index in [0.717, 1.165) is 25.3 Å². The van der Waals surface area contributed by atoms with Crippen molar-refractivity contribution in [3.05, 3.63) is 28.3 Å². The molecular weight excluding hydrogens is 282 g/mol. The Morgan fingerprint density at radius 1 is 1.50 bits per heavy atom. The fourth-order valence-corrected chi connectivity index (χ4v) is 3.36. The smallest absolute Gasteiger partial charge is 0.293 e. The van der Waals surface area contributed by atoms with Gasteiger partial charge in [-0.15, -0.1) is 0 Å². The van der Waals surface area contributed by atoms with E-state index in [9.17, 15) is 18.5 Å². The van der Waals surface area contributed by atoms with Crippen LogP contribution in [-0.2, 0) is 10.0 Å². The van der Waals surface area contributed by atoms with Crippen LogP contribution < -0.4 is 10.5 Å². The van der Waals surface area contributed by atoms with Crippen molar-refractivity contribution >= 4 is 21.4 Å². The number of nitrogen functional groups attached to an aromatic ring is 1. The molecule has 0 aromatic heterocycles. The zero-order chi connectivity index (χ0) is 14.9. The lowest BCUT2D eigenvalue weighted by atomic mass is 10.2. The number of nitro groups is 1. The lowest BCUT2D eigenvalue weighted by Crippen LogP contribution is -2.33. The summed E-state index contributed by atoms with van der Waals surface area (Å²) >= 11 is 0. The average Bonchev–Trinajstić information content (AvgIpc) is 3.11. The molecule has 1 aliphatic rings. The Balaban J connectivity index is 2.19. The van der Waals surface area contributed by atoms with E-state index in [4.69, 9.17) is 5.73 Å². The summed E-state index contributed by atoms with van der Waals surface area (Å²) in [7, 11) is -3.76. The minimum Gasteiger partial charge on any atom is -0.393 e. The maximum atomic E-state index is 12.2. The third kappa shape index (κ3) is 3.45. The zero-order valence-electron chi connectivity index (χ0n) is 11.1. The summed E-state index contributed by atoms with van der Waals surface area (Å²) in [6.07, 6.45) is 3.06. The molecule has 0 heterocycles. The number of nitro benzene ring substituents is 1. The molecule has 0 amide bonds. The third-order valence-corrected chi connectivity index (χ3v) is 4.84. The fourth-order valence-electron chi connectivity index (χ4n) is 2.08. The molecule has 2 rings (SSSR count). The molecule has 8 heteroatoms. The van der Waals surface area contributed by atoms with Gasteiger partial charge in [0.1, 0.15) is 5.69 Å². The molecule has 20 heavy (non-hydrogen) atoms. The van der Waals surface area contributed by atoms with E-state index in [2.05, 4.69) is 4.72 Å². The molecule has 0 bridgehead atoms. The van der Waals surface area contributed by atoms with Gasteiger partial charge >= 0.3 is 0 Å². The number of nitrogens with one attached hydrogen (secondary N) is 1. The lowest BCUT2D eigenvalue weighted by molar-refractivity contribution is -0.384. The van der Waals surface area contributed by atoms with Crippen LogP contribution in [0.2, 0.25) is 0 Å². The van der Waals surface area contributed by atoms with Gasteiger partial charge in [0.2, 0.25) is 10.0 Å². The van der Waals surface area contributed by atoms with E-state index in [1.54, 1.807) is 6.92 Å². The van der Waals surface area contributed by atoms with Gasteiger partial charge in [-0.25, -0.2) is 13.1 Å². The second-order valence-electron chi connectivity index (χ2n) is 5.18. The Hall–Kier alpha value is -1.67. The number of nitrogens with two attached hydrogens (primary N) is 1. The number of hydrogen-bond acceptors (Lipinski definition) is 5. The quantitative estimate of drug-likeness (QED) is 0.470. The fraction of sp³-hybridized carbons (Fsp3) is 0.500. The van der Waals surface area contributed by atoms with Crippen LogP contribution in [0.3, 0.4) is 0 Å². The predicted molar refractivity (Wildman–Crippen MR) is 74.6 cm³/mol. The Labute approximate surface area is 117 Å². The van der Waals surface area contributed by atoms with E-state index in [1.165, 1.54) is 12.1 Å². The van der Waals surface area contributed by atoms with Gasteiger partial charge in [-0.05, 0) is 31.4 Å². The molecule has 1 unspecified atom stereocenters. The number of benzene rings is 1. The number of sulfonamides is 1. The summed E-state index contributed by atoms with van der Waals surface area (Å²) in [5, 5.41) is 10.8. The van der Waals surface area contributed by atoms with Crippen LogP contribution in [0, 0.1) is 16.0 Å². The van der Waals surface area contributed by atoms with Gasteiger partial charge in [0.15, 0.2) is 0 Å². The highest BCUT2D eigenvalue weighted by Crippen LogP contribution is 2.33. The monoisotopic (exact) mass is 299 g/mol. The van der Waals surface area contributed by atoms with Gasteiger partial charge in [-0.3, -0.25) is 10.1 Å². The van der Waals surface area contributed by atoms with E-state index >= 15 is 0 Å². The van der Waals surface area contributed by atoms with Gasteiger partial charge in [0.25, 0.3) is 5.69 Å². The summed E-state index contributed by atoms with van der Waals surface area (Å²) < 4.78 is 26.9. The highest BCUT2D eigenvalue weighted by atomic mass is 32.2. The number of anilines is 1. The molecule has 0 aliphatic heterocycles. The molecule has 0 radical (unpaired) electrons. The molecule has 1 atom stereocenters. The maximum absolute atomic E-state index is 12.2. The first kappa shape index (κ1) is 14.7. The van der Waals surface area contributed by atoms with Gasteiger partial charge in [0.05, 0.1) is 9.82 Å². The number of nitrogens with zero attached hydrogens (tertiary/aromatic N) is 1.